The molecular weight excluding hydrogens is 232 g/mol. The molecule has 0 aliphatic heterocycles. The number of urea groups is 1. The van der Waals surface area contributed by atoms with Crippen LogP contribution in [-0.2, 0) is 0 Å². The van der Waals surface area contributed by atoms with Crippen LogP contribution in [0.3, 0.4) is 0 Å². The highest BCUT2D eigenvalue weighted by atomic mass is 32.2. The fourth-order valence-electron chi connectivity index (χ4n) is 1.29. The van der Waals surface area contributed by atoms with Crippen molar-refractivity contribution in [3.8, 4) is 0 Å². The van der Waals surface area contributed by atoms with Crippen molar-refractivity contribution in [1.82, 2.24) is 10.6 Å². The van der Waals surface area contributed by atoms with Crippen LogP contribution >= 0.6 is 11.8 Å². The van der Waals surface area contributed by atoms with Gasteiger partial charge in [0.25, 0.3) is 0 Å². The highest BCUT2D eigenvalue weighted by Crippen LogP contribution is 2.17. The molecule has 0 spiro atoms. The van der Waals surface area contributed by atoms with Gasteiger partial charge < -0.3 is 10.6 Å². The summed E-state index contributed by atoms with van der Waals surface area (Å²) in [6.07, 6.45) is 0.977. The van der Waals surface area contributed by atoms with Gasteiger partial charge in [-0.05, 0) is 38.2 Å². The van der Waals surface area contributed by atoms with Crippen molar-refractivity contribution in [2.24, 2.45) is 0 Å². The van der Waals surface area contributed by atoms with Gasteiger partial charge in [0.15, 0.2) is 0 Å². The van der Waals surface area contributed by atoms with Gasteiger partial charge in [-0.15, -0.1) is 11.8 Å². The molecule has 2 amide bonds. The zero-order chi connectivity index (χ0) is 12.5. The van der Waals surface area contributed by atoms with Gasteiger partial charge in [0, 0.05) is 17.5 Å². The Balaban J connectivity index is 2.03. The summed E-state index contributed by atoms with van der Waals surface area (Å²) in [6, 6.07) is 10.4. The van der Waals surface area contributed by atoms with E-state index in [1.54, 1.807) is 0 Å². The Kier molecular flexibility index (Phi) is 6.55. The second-order valence-electron chi connectivity index (χ2n) is 4.07. The topological polar surface area (TPSA) is 41.1 Å². The fourth-order valence-corrected chi connectivity index (χ4v) is 2.17. The molecule has 1 rings (SSSR count). The molecule has 0 saturated heterocycles. The van der Waals surface area contributed by atoms with Gasteiger partial charge in [-0.1, -0.05) is 18.2 Å². The van der Waals surface area contributed by atoms with Crippen molar-refractivity contribution >= 4 is 17.8 Å². The van der Waals surface area contributed by atoms with Crippen molar-refractivity contribution < 1.29 is 4.79 Å². The minimum absolute atomic E-state index is 0.0790. The Morgan fingerprint density at radius 3 is 2.65 bits per heavy atom. The zero-order valence-corrected chi connectivity index (χ0v) is 11.2. The van der Waals surface area contributed by atoms with E-state index in [-0.39, 0.29) is 12.1 Å². The Morgan fingerprint density at radius 2 is 2.00 bits per heavy atom. The average Bonchev–Trinajstić information content (AvgIpc) is 2.29. The summed E-state index contributed by atoms with van der Waals surface area (Å²) in [5, 5.41) is 5.63. The van der Waals surface area contributed by atoms with E-state index in [2.05, 4.69) is 22.8 Å². The van der Waals surface area contributed by atoms with Gasteiger partial charge in [0.2, 0.25) is 0 Å². The van der Waals surface area contributed by atoms with Crippen LogP contribution in [0.1, 0.15) is 20.3 Å². The number of carbonyl (C=O) groups excluding carboxylic acids is 1. The highest BCUT2D eigenvalue weighted by Gasteiger charge is 2.00. The van der Waals surface area contributed by atoms with Gasteiger partial charge >= 0.3 is 6.03 Å². The second-order valence-corrected chi connectivity index (χ2v) is 5.24. The van der Waals surface area contributed by atoms with Crippen LogP contribution in [0.2, 0.25) is 0 Å². The maximum Gasteiger partial charge on any atom is 0.314 e. The number of thioether (sulfide) groups is 1. The van der Waals surface area contributed by atoms with Crippen LogP contribution < -0.4 is 10.6 Å². The van der Waals surface area contributed by atoms with E-state index in [9.17, 15) is 4.79 Å². The largest absolute Gasteiger partial charge is 0.338 e. The molecule has 0 atom stereocenters. The van der Waals surface area contributed by atoms with E-state index in [4.69, 9.17) is 0 Å². The smallest absolute Gasteiger partial charge is 0.314 e. The molecule has 0 unspecified atom stereocenters. The monoisotopic (exact) mass is 252 g/mol. The number of hydrogen-bond donors (Lipinski definition) is 2. The summed E-state index contributed by atoms with van der Waals surface area (Å²) in [5.41, 5.74) is 0. The van der Waals surface area contributed by atoms with Crippen LogP contribution in [0.5, 0.6) is 0 Å². The molecule has 0 radical (unpaired) electrons. The molecule has 94 valence electrons. The van der Waals surface area contributed by atoms with E-state index >= 15 is 0 Å². The fraction of sp³-hybridized carbons (Fsp3) is 0.462. The van der Waals surface area contributed by atoms with Gasteiger partial charge in [-0.25, -0.2) is 4.79 Å². The highest BCUT2D eigenvalue weighted by molar-refractivity contribution is 7.99. The van der Waals surface area contributed by atoms with E-state index in [0.717, 1.165) is 18.7 Å². The average molecular weight is 252 g/mol. The van der Waals surface area contributed by atoms with Crippen LogP contribution in [0.25, 0.3) is 0 Å². The van der Waals surface area contributed by atoms with E-state index in [1.807, 2.05) is 43.8 Å². The number of rotatable bonds is 6. The molecule has 0 bridgehead atoms. The minimum Gasteiger partial charge on any atom is -0.338 e. The first-order valence-corrected chi connectivity index (χ1v) is 6.89. The number of hydrogen-bond acceptors (Lipinski definition) is 2. The van der Waals surface area contributed by atoms with Gasteiger partial charge in [-0.2, -0.15) is 0 Å². The quantitative estimate of drug-likeness (QED) is 0.604. The number of carbonyl (C=O) groups is 1. The predicted octanol–water partition coefficient (Wildman–Crippen LogP) is 2.88. The first kappa shape index (κ1) is 13.9. The maximum absolute atomic E-state index is 11.3. The Morgan fingerprint density at radius 1 is 1.29 bits per heavy atom. The van der Waals surface area contributed by atoms with Crippen molar-refractivity contribution in [1.29, 1.82) is 0 Å². The number of benzene rings is 1. The first-order chi connectivity index (χ1) is 8.18. The Labute approximate surface area is 107 Å². The summed E-state index contributed by atoms with van der Waals surface area (Å²) < 4.78 is 0. The van der Waals surface area contributed by atoms with Crippen molar-refractivity contribution in [3.63, 3.8) is 0 Å². The predicted molar refractivity (Wildman–Crippen MR) is 73.5 cm³/mol. The molecule has 1 aromatic rings. The number of amides is 2. The molecule has 0 aliphatic rings. The summed E-state index contributed by atoms with van der Waals surface area (Å²) >= 11 is 1.81. The first-order valence-electron chi connectivity index (χ1n) is 5.90. The third kappa shape index (κ3) is 6.89. The molecule has 2 N–H and O–H groups in total. The van der Waals surface area contributed by atoms with E-state index in [1.165, 1.54) is 4.90 Å². The summed E-state index contributed by atoms with van der Waals surface area (Å²) in [4.78, 5) is 12.5. The lowest BCUT2D eigenvalue weighted by molar-refractivity contribution is 0.238. The van der Waals surface area contributed by atoms with Crippen LogP contribution in [0.4, 0.5) is 4.79 Å². The van der Waals surface area contributed by atoms with Gasteiger partial charge in [0.05, 0.1) is 0 Å². The molecule has 3 nitrogen and oxygen atoms in total. The molecule has 1 aromatic carbocycles. The summed E-state index contributed by atoms with van der Waals surface area (Å²) in [5.74, 6) is 1.02. The molecule has 0 saturated carbocycles. The van der Waals surface area contributed by atoms with E-state index < -0.39 is 0 Å². The summed E-state index contributed by atoms with van der Waals surface area (Å²) in [7, 11) is 0. The van der Waals surface area contributed by atoms with Crippen molar-refractivity contribution in [2.75, 3.05) is 12.3 Å². The molecule has 0 aliphatic carbocycles. The van der Waals surface area contributed by atoms with Crippen LogP contribution in [0.15, 0.2) is 35.2 Å². The van der Waals surface area contributed by atoms with Crippen molar-refractivity contribution in [2.45, 2.75) is 31.2 Å². The second kappa shape index (κ2) is 8.01. The maximum atomic E-state index is 11.3. The van der Waals surface area contributed by atoms with Crippen LogP contribution in [0, 0.1) is 0 Å². The molecule has 0 fully saturated rings. The lowest BCUT2D eigenvalue weighted by Gasteiger charge is -2.09. The van der Waals surface area contributed by atoms with Crippen molar-refractivity contribution in [3.05, 3.63) is 30.3 Å². The minimum atomic E-state index is -0.0790. The molecule has 0 aromatic heterocycles. The normalized spacial score (nSPS) is 10.3. The lowest BCUT2D eigenvalue weighted by Crippen LogP contribution is -2.39. The SMILES string of the molecule is CC(C)NC(=O)NCCCSc1ccccc1. The third-order valence-electron chi connectivity index (χ3n) is 2.04. The summed E-state index contributed by atoms with van der Waals surface area (Å²) in [6.45, 7) is 4.62. The number of nitrogens with one attached hydrogen (secondary N) is 2. The van der Waals surface area contributed by atoms with E-state index in [0.29, 0.717) is 0 Å². The molecule has 17 heavy (non-hydrogen) atoms. The molecule has 4 heteroatoms. The Bertz CT molecular complexity index is 327. The van der Waals surface area contributed by atoms with Gasteiger partial charge in [0.1, 0.15) is 0 Å². The zero-order valence-electron chi connectivity index (χ0n) is 10.4. The third-order valence-corrected chi connectivity index (χ3v) is 3.14. The van der Waals surface area contributed by atoms with Gasteiger partial charge in [-0.3, -0.25) is 0 Å². The van der Waals surface area contributed by atoms with Crippen LogP contribution in [-0.4, -0.2) is 24.4 Å². The molecular formula is C13H20N2OS. The lowest BCUT2D eigenvalue weighted by atomic mass is 10.4. The standard InChI is InChI=1S/C13H20N2OS/c1-11(2)15-13(16)14-9-6-10-17-12-7-4-3-5-8-12/h3-5,7-8,11H,6,9-10H2,1-2H3,(H2,14,15,16). The Hall–Kier alpha value is -1.16. The molecule has 0 heterocycles.